The Kier molecular flexibility index (Phi) is 1.93. The first kappa shape index (κ1) is 8.20. The van der Waals surface area contributed by atoms with Crippen LogP contribution in [0.15, 0.2) is 10.5 Å². The molecule has 0 spiro atoms. The number of hydrogen-bond donors (Lipinski definition) is 0. The maximum atomic E-state index is 5.91. The molecule has 1 heterocycles. The van der Waals surface area contributed by atoms with Crippen LogP contribution in [0.5, 0.6) is 11.5 Å². The summed E-state index contributed by atoms with van der Waals surface area (Å²) in [7, 11) is 0. The molecule has 0 saturated carbocycles. The highest BCUT2D eigenvalue weighted by Crippen LogP contribution is 2.44. The van der Waals surface area contributed by atoms with Crippen LogP contribution in [0.3, 0.4) is 0 Å². The minimum atomic E-state index is 0.256. The Morgan fingerprint density at radius 2 is 2.08 bits per heavy atom. The molecule has 0 amide bonds. The van der Waals surface area contributed by atoms with Gasteiger partial charge < -0.3 is 9.47 Å². The number of benzene rings is 1. The molecule has 0 aromatic heterocycles. The van der Waals surface area contributed by atoms with Crippen molar-refractivity contribution in [2.75, 3.05) is 6.79 Å². The van der Waals surface area contributed by atoms with Gasteiger partial charge in [-0.1, -0.05) is 27.5 Å². The zero-order valence-electron chi connectivity index (χ0n) is 6.36. The topological polar surface area (TPSA) is 18.5 Å². The van der Waals surface area contributed by atoms with E-state index < -0.39 is 0 Å². The van der Waals surface area contributed by atoms with E-state index in [9.17, 15) is 0 Å². The van der Waals surface area contributed by atoms with E-state index in [1.165, 1.54) is 0 Å². The fraction of sp³-hybridized carbons (Fsp3) is 0.250. The first-order valence-electron chi connectivity index (χ1n) is 3.44. The fourth-order valence-corrected chi connectivity index (χ4v) is 1.92. The van der Waals surface area contributed by atoms with Crippen LogP contribution in [-0.4, -0.2) is 6.79 Å². The molecular weight excluding hydrogens is 243 g/mol. The van der Waals surface area contributed by atoms with Crippen LogP contribution in [0.2, 0.25) is 5.02 Å². The Morgan fingerprint density at radius 3 is 2.83 bits per heavy atom. The zero-order valence-corrected chi connectivity index (χ0v) is 8.70. The lowest BCUT2D eigenvalue weighted by Crippen LogP contribution is -1.93. The molecule has 1 aliphatic heterocycles. The van der Waals surface area contributed by atoms with Crippen LogP contribution < -0.4 is 9.47 Å². The zero-order chi connectivity index (χ0) is 8.72. The van der Waals surface area contributed by atoms with Crippen molar-refractivity contribution in [3.8, 4) is 11.5 Å². The summed E-state index contributed by atoms with van der Waals surface area (Å²) in [6.07, 6.45) is 0. The summed E-state index contributed by atoms with van der Waals surface area (Å²) in [5.41, 5.74) is 1.02. The van der Waals surface area contributed by atoms with Gasteiger partial charge in [-0.15, -0.1) is 0 Å². The minimum absolute atomic E-state index is 0.256. The van der Waals surface area contributed by atoms with E-state index in [1.54, 1.807) is 0 Å². The van der Waals surface area contributed by atoms with E-state index in [2.05, 4.69) is 15.9 Å². The molecule has 0 unspecified atom stereocenters. The van der Waals surface area contributed by atoms with Crippen molar-refractivity contribution in [2.24, 2.45) is 0 Å². The highest BCUT2D eigenvalue weighted by atomic mass is 79.9. The van der Waals surface area contributed by atoms with Crippen molar-refractivity contribution in [1.29, 1.82) is 0 Å². The molecule has 0 aliphatic carbocycles. The molecule has 0 fully saturated rings. The minimum Gasteiger partial charge on any atom is -0.453 e. The van der Waals surface area contributed by atoms with Gasteiger partial charge in [-0.3, -0.25) is 0 Å². The molecule has 1 aromatic carbocycles. The maximum Gasteiger partial charge on any atom is 0.231 e. The third-order valence-corrected chi connectivity index (χ3v) is 2.89. The molecule has 2 nitrogen and oxygen atoms in total. The largest absolute Gasteiger partial charge is 0.453 e. The lowest BCUT2D eigenvalue weighted by molar-refractivity contribution is 0.173. The van der Waals surface area contributed by atoms with Gasteiger partial charge >= 0.3 is 0 Å². The fourth-order valence-electron chi connectivity index (χ4n) is 1.13. The molecule has 0 bridgehead atoms. The normalized spacial score (nSPS) is 13.6. The van der Waals surface area contributed by atoms with E-state index >= 15 is 0 Å². The molecule has 0 radical (unpaired) electrons. The van der Waals surface area contributed by atoms with Gasteiger partial charge in [-0.25, -0.2) is 0 Å². The number of fused-ring (bicyclic) bond motifs is 1. The highest BCUT2D eigenvalue weighted by Gasteiger charge is 2.21. The first-order chi connectivity index (χ1) is 5.70. The van der Waals surface area contributed by atoms with Crippen molar-refractivity contribution in [3.63, 3.8) is 0 Å². The van der Waals surface area contributed by atoms with Gasteiger partial charge in [-0.05, 0) is 13.0 Å². The van der Waals surface area contributed by atoms with Gasteiger partial charge in [0.1, 0.15) is 0 Å². The van der Waals surface area contributed by atoms with E-state index in [0.29, 0.717) is 10.8 Å². The second-order valence-electron chi connectivity index (χ2n) is 2.53. The second-order valence-corrected chi connectivity index (χ2v) is 3.79. The van der Waals surface area contributed by atoms with Crippen LogP contribution in [0, 0.1) is 6.92 Å². The monoisotopic (exact) mass is 248 g/mol. The molecule has 1 aromatic rings. The summed E-state index contributed by atoms with van der Waals surface area (Å²) in [5, 5.41) is 0.583. The predicted octanol–water partition coefficient (Wildman–Crippen LogP) is 3.14. The quantitative estimate of drug-likeness (QED) is 0.703. The molecule has 1 aliphatic rings. The first-order valence-corrected chi connectivity index (χ1v) is 4.61. The van der Waals surface area contributed by atoms with Crippen molar-refractivity contribution in [3.05, 3.63) is 21.1 Å². The van der Waals surface area contributed by atoms with Crippen molar-refractivity contribution < 1.29 is 9.47 Å². The average molecular weight is 249 g/mol. The lowest BCUT2D eigenvalue weighted by atomic mass is 10.2. The molecular formula is C8H6BrClO2. The molecule has 0 atom stereocenters. The summed E-state index contributed by atoms with van der Waals surface area (Å²) in [6, 6.07) is 1.81. The summed E-state index contributed by atoms with van der Waals surface area (Å²) >= 11 is 9.29. The Labute approximate surface area is 83.6 Å². The van der Waals surface area contributed by atoms with Crippen LogP contribution >= 0.6 is 27.5 Å². The summed E-state index contributed by atoms with van der Waals surface area (Å²) < 4.78 is 11.4. The molecule has 0 saturated heterocycles. The number of ether oxygens (including phenoxy) is 2. The number of halogens is 2. The molecule has 2 rings (SSSR count). The summed E-state index contributed by atoms with van der Waals surface area (Å²) in [5.74, 6) is 1.40. The summed E-state index contributed by atoms with van der Waals surface area (Å²) in [6.45, 7) is 2.21. The van der Waals surface area contributed by atoms with Gasteiger partial charge in [0.05, 0.1) is 5.02 Å². The van der Waals surface area contributed by atoms with E-state index in [1.807, 2.05) is 13.0 Å². The third kappa shape index (κ3) is 1.08. The van der Waals surface area contributed by atoms with Gasteiger partial charge in [0, 0.05) is 10.0 Å². The average Bonchev–Trinajstić information content (AvgIpc) is 2.48. The van der Waals surface area contributed by atoms with Crippen molar-refractivity contribution in [1.82, 2.24) is 0 Å². The highest BCUT2D eigenvalue weighted by molar-refractivity contribution is 9.10. The van der Waals surface area contributed by atoms with E-state index in [4.69, 9.17) is 21.1 Å². The third-order valence-electron chi connectivity index (χ3n) is 1.78. The van der Waals surface area contributed by atoms with E-state index in [0.717, 1.165) is 15.8 Å². The molecule has 4 heteroatoms. The lowest BCUT2D eigenvalue weighted by Gasteiger charge is -2.04. The van der Waals surface area contributed by atoms with Crippen LogP contribution in [-0.2, 0) is 0 Å². The Morgan fingerprint density at radius 1 is 1.42 bits per heavy atom. The van der Waals surface area contributed by atoms with E-state index in [-0.39, 0.29) is 6.79 Å². The second kappa shape index (κ2) is 2.82. The molecule has 64 valence electrons. The predicted molar refractivity (Wildman–Crippen MR) is 50.0 cm³/mol. The maximum absolute atomic E-state index is 5.91. The smallest absolute Gasteiger partial charge is 0.231 e. The Bertz CT molecular complexity index is 338. The van der Waals surface area contributed by atoms with Gasteiger partial charge in [-0.2, -0.15) is 0 Å². The Balaban J connectivity index is 2.69. The van der Waals surface area contributed by atoms with Gasteiger partial charge in [0.2, 0.25) is 6.79 Å². The van der Waals surface area contributed by atoms with Gasteiger partial charge in [0.25, 0.3) is 0 Å². The number of rotatable bonds is 0. The van der Waals surface area contributed by atoms with Crippen molar-refractivity contribution in [2.45, 2.75) is 6.92 Å². The Hall–Kier alpha value is -0.410. The van der Waals surface area contributed by atoms with Crippen LogP contribution in [0.1, 0.15) is 5.56 Å². The van der Waals surface area contributed by atoms with Crippen LogP contribution in [0.4, 0.5) is 0 Å². The SMILES string of the molecule is Cc1c(Br)cc(Cl)c2c1OCO2. The van der Waals surface area contributed by atoms with Gasteiger partial charge in [0.15, 0.2) is 11.5 Å². The molecule has 12 heavy (non-hydrogen) atoms. The molecule has 0 N–H and O–H groups in total. The number of hydrogen-bond acceptors (Lipinski definition) is 2. The standard InChI is InChI=1S/C8H6BrClO2/c1-4-5(9)2-6(10)8-7(4)11-3-12-8/h2H,3H2,1H3. The van der Waals surface area contributed by atoms with Crippen molar-refractivity contribution >= 4 is 27.5 Å². The van der Waals surface area contributed by atoms with Crippen LogP contribution in [0.25, 0.3) is 0 Å². The summed E-state index contributed by atoms with van der Waals surface area (Å²) in [4.78, 5) is 0.